The second-order valence-corrected chi connectivity index (χ2v) is 7.75. The zero-order valence-electron chi connectivity index (χ0n) is 19.8. The molecule has 0 aliphatic carbocycles. The van der Waals surface area contributed by atoms with Gasteiger partial charge in [0.1, 0.15) is 0 Å². The lowest BCUT2D eigenvalue weighted by molar-refractivity contribution is -0.193. The normalized spacial score (nSPS) is 21.0. The number of likely N-dealkylation sites (tertiary alicyclic amines) is 1. The third kappa shape index (κ3) is 14.5. The second-order valence-electron chi connectivity index (χ2n) is 7.75. The Morgan fingerprint density at radius 3 is 1.77 bits per heavy atom. The van der Waals surface area contributed by atoms with Crippen LogP contribution in [0.1, 0.15) is 12.0 Å². The van der Waals surface area contributed by atoms with Gasteiger partial charge in [0, 0.05) is 51.1 Å². The van der Waals surface area contributed by atoms with Crippen molar-refractivity contribution in [2.75, 3.05) is 26.7 Å². The van der Waals surface area contributed by atoms with E-state index in [1.165, 1.54) is 5.56 Å². The summed E-state index contributed by atoms with van der Waals surface area (Å²) in [6, 6.07) is 4.76. The highest BCUT2D eigenvalue weighted by atomic mass is 19.4. The number of nitrogens with one attached hydrogen (secondary N) is 1. The summed E-state index contributed by atoms with van der Waals surface area (Å²) >= 11 is 0. The zero-order chi connectivity index (χ0) is 30.6. The molecular weight excluding hydrogens is 565 g/mol. The average molecular weight is 589 g/mol. The number of pyridine rings is 1. The number of ether oxygens (including phenoxy) is 1. The molecule has 19 heteroatoms. The molecule has 0 bridgehead atoms. The summed E-state index contributed by atoms with van der Waals surface area (Å²) in [5.74, 6) is -7.63. The van der Waals surface area contributed by atoms with Crippen LogP contribution in [0.4, 0.5) is 39.5 Å². The fourth-order valence-corrected chi connectivity index (χ4v) is 3.30. The molecule has 1 aromatic heterocycles. The van der Waals surface area contributed by atoms with Crippen LogP contribution < -0.4 is 5.32 Å². The molecule has 0 saturated carbocycles. The summed E-state index contributed by atoms with van der Waals surface area (Å²) in [7, 11) is 1.84. The fourth-order valence-electron chi connectivity index (χ4n) is 3.30. The van der Waals surface area contributed by atoms with E-state index in [2.05, 4.69) is 21.3 Å². The Bertz CT molecular complexity index is 856. The van der Waals surface area contributed by atoms with Gasteiger partial charge < -0.3 is 25.4 Å². The van der Waals surface area contributed by atoms with Crippen LogP contribution in [-0.4, -0.2) is 101 Å². The number of hydrogen-bond acceptors (Lipinski definition) is 7. The predicted molar refractivity (Wildman–Crippen MR) is 111 cm³/mol. The smallest absolute Gasteiger partial charge is 0.475 e. The van der Waals surface area contributed by atoms with Crippen molar-refractivity contribution in [1.82, 2.24) is 15.2 Å². The molecule has 2 aliphatic heterocycles. The van der Waals surface area contributed by atoms with E-state index >= 15 is 0 Å². The molecule has 39 heavy (non-hydrogen) atoms. The molecule has 3 heterocycles. The summed E-state index contributed by atoms with van der Waals surface area (Å²) in [6.07, 6.45) is -9.90. The Labute approximate surface area is 214 Å². The van der Waals surface area contributed by atoms with E-state index in [0.29, 0.717) is 18.1 Å². The van der Waals surface area contributed by atoms with E-state index in [0.717, 1.165) is 32.6 Å². The van der Waals surface area contributed by atoms with Gasteiger partial charge in [-0.05, 0) is 24.6 Å². The number of piperidine rings is 1. The van der Waals surface area contributed by atoms with Gasteiger partial charge >= 0.3 is 36.4 Å². The van der Waals surface area contributed by atoms with Gasteiger partial charge in [-0.2, -0.15) is 39.5 Å². The van der Waals surface area contributed by atoms with Crippen molar-refractivity contribution in [2.24, 2.45) is 5.92 Å². The van der Waals surface area contributed by atoms with Crippen LogP contribution in [0.5, 0.6) is 0 Å². The quantitative estimate of drug-likeness (QED) is 0.388. The van der Waals surface area contributed by atoms with Crippen molar-refractivity contribution in [1.29, 1.82) is 0 Å². The minimum atomic E-state index is -5.08. The van der Waals surface area contributed by atoms with Crippen molar-refractivity contribution >= 4 is 17.9 Å². The molecule has 2 saturated heterocycles. The number of methoxy groups -OCH3 is 1. The molecule has 10 nitrogen and oxygen atoms in total. The maximum Gasteiger partial charge on any atom is 0.490 e. The fraction of sp³-hybridized carbons (Fsp3) is 0.600. The van der Waals surface area contributed by atoms with E-state index in [9.17, 15) is 39.5 Å². The van der Waals surface area contributed by atoms with Crippen LogP contribution >= 0.6 is 0 Å². The molecule has 2 aliphatic rings. The maximum atomic E-state index is 10.6. The molecule has 0 unspecified atom stereocenters. The molecule has 1 aromatic rings. The highest BCUT2D eigenvalue weighted by Gasteiger charge is 2.41. The highest BCUT2D eigenvalue weighted by Crippen LogP contribution is 2.28. The highest BCUT2D eigenvalue weighted by molar-refractivity contribution is 5.73. The van der Waals surface area contributed by atoms with E-state index in [1.54, 1.807) is 0 Å². The van der Waals surface area contributed by atoms with Crippen LogP contribution in [0.2, 0.25) is 0 Å². The largest absolute Gasteiger partial charge is 0.490 e. The lowest BCUT2D eigenvalue weighted by Gasteiger charge is -2.32. The number of nitrogens with zero attached hydrogens (tertiary/aromatic N) is 2. The zero-order valence-corrected chi connectivity index (χ0v) is 19.8. The summed E-state index contributed by atoms with van der Waals surface area (Å²) in [4.78, 5) is 33.4. The van der Waals surface area contributed by atoms with Crippen molar-refractivity contribution in [2.45, 2.75) is 43.6 Å². The van der Waals surface area contributed by atoms with E-state index in [1.807, 2.05) is 25.6 Å². The number of halogens is 9. The average Bonchev–Trinajstić information content (AvgIpc) is 3.21. The predicted octanol–water partition coefficient (Wildman–Crippen LogP) is 2.79. The molecule has 3 atom stereocenters. The SMILES string of the molecule is CO[C@H]1CCN[C@@H]2CN(Cc3cccnc3)C[C@H]12.O=C(O)C(F)(F)F.O=C(O)C(F)(F)F.O=C(O)C(F)(F)F. The van der Waals surface area contributed by atoms with Crippen LogP contribution in [0.25, 0.3) is 0 Å². The second kappa shape index (κ2) is 15.4. The van der Waals surface area contributed by atoms with Gasteiger partial charge in [0.25, 0.3) is 0 Å². The summed E-state index contributed by atoms with van der Waals surface area (Å²) in [5.41, 5.74) is 1.30. The third-order valence-electron chi connectivity index (χ3n) is 4.91. The third-order valence-corrected chi connectivity index (χ3v) is 4.91. The van der Waals surface area contributed by atoms with Gasteiger partial charge in [-0.3, -0.25) is 9.88 Å². The lowest BCUT2D eigenvalue weighted by Crippen LogP contribution is -2.48. The Hall–Kier alpha value is -3.19. The standard InChI is InChI=1S/C14H21N3O.3C2HF3O2/c1-18-14-4-6-16-13-10-17(9-12(13)14)8-11-3-2-5-15-7-11;3*3-2(4,5)1(6)7/h2-3,5,7,12-14,16H,4,6,8-10H2,1H3;3*(H,6,7)/t12-,13+,14-;;;/m0.../s1. The molecule has 0 amide bonds. The van der Waals surface area contributed by atoms with Crippen molar-refractivity contribution in [3.05, 3.63) is 30.1 Å². The Morgan fingerprint density at radius 1 is 0.949 bits per heavy atom. The van der Waals surface area contributed by atoms with Gasteiger partial charge in [0.05, 0.1) is 6.10 Å². The first kappa shape index (κ1) is 35.8. The number of alkyl halides is 9. The van der Waals surface area contributed by atoms with Crippen LogP contribution in [0, 0.1) is 5.92 Å². The van der Waals surface area contributed by atoms with Gasteiger partial charge in [-0.25, -0.2) is 14.4 Å². The number of hydrogen-bond donors (Lipinski definition) is 4. The molecule has 4 N–H and O–H groups in total. The molecule has 0 aromatic carbocycles. The number of fused-ring (bicyclic) bond motifs is 1. The van der Waals surface area contributed by atoms with Gasteiger partial charge in [-0.1, -0.05) is 6.07 Å². The van der Waals surface area contributed by atoms with E-state index < -0.39 is 36.4 Å². The topological polar surface area (TPSA) is 149 Å². The molecular formula is C20H24F9N3O7. The van der Waals surface area contributed by atoms with E-state index in [-0.39, 0.29) is 0 Å². The van der Waals surface area contributed by atoms with Crippen LogP contribution in [0.15, 0.2) is 24.5 Å². The summed E-state index contributed by atoms with van der Waals surface area (Å²) in [5, 5.41) is 25.0. The number of carbonyl (C=O) groups is 3. The van der Waals surface area contributed by atoms with Gasteiger partial charge in [0.15, 0.2) is 0 Å². The number of aromatic nitrogens is 1. The minimum absolute atomic E-state index is 0.426. The Morgan fingerprint density at radius 2 is 1.41 bits per heavy atom. The summed E-state index contributed by atoms with van der Waals surface area (Å²) in [6.45, 7) is 4.34. The molecule has 0 radical (unpaired) electrons. The van der Waals surface area contributed by atoms with Gasteiger partial charge in [0.2, 0.25) is 0 Å². The Balaban J connectivity index is 0.000000576. The number of carboxylic acid groups (broad SMARTS) is 3. The first-order valence-corrected chi connectivity index (χ1v) is 10.5. The minimum Gasteiger partial charge on any atom is -0.475 e. The van der Waals surface area contributed by atoms with Crippen LogP contribution in [-0.2, 0) is 25.7 Å². The molecule has 224 valence electrons. The number of rotatable bonds is 3. The number of carboxylic acids is 3. The van der Waals surface area contributed by atoms with Crippen LogP contribution in [0.3, 0.4) is 0 Å². The monoisotopic (exact) mass is 589 g/mol. The van der Waals surface area contributed by atoms with Gasteiger partial charge in [-0.15, -0.1) is 0 Å². The Kier molecular flexibility index (Phi) is 14.2. The molecule has 2 fully saturated rings. The van der Waals surface area contributed by atoms with Crippen molar-refractivity contribution in [3.8, 4) is 0 Å². The van der Waals surface area contributed by atoms with Crippen molar-refractivity contribution in [3.63, 3.8) is 0 Å². The first-order valence-electron chi connectivity index (χ1n) is 10.5. The maximum absolute atomic E-state index is 10.6. The summed E-state index contributed by atoms with van der Waals surface area (Å²) < 4.78 is 101. The van der Waals surface area contributed by atoms with Crippen molar-refractivity contribution < 1.29 is 74.0 Å². The number of aliphatic carboxylic acids is 3. The molecule has 0 spiro atoms. The van der Waals surface area contributed by atoms with E-state index in [4.69, 9.17) is 34.4 Å². The first-order chi connectivity index (χ1) is 17.7. The molecule has 3 rings (SSSR count). The lowest BCUT2D eigenvalue weighted by atomic mass is 9.91.